The van der Waals surface area contributed by atoms with E-state index < -0.39 is 41.5 Å². The molecule has 8 heteroatoms. The molecule has 0 saturated carbocycles. The van der Waals surface area contributed by atoms with E-state index in [2.05, 4.69) is 0 Å². The molecule has 0 aromatic heterocycles. The maximum absolute atomic E-state index is 15.0. The molecule has 1 unspecified atom stereocenters. The first kappa shape index (κ1) is 20.7. The Kier molecular flexibility index (Phi) is 5.22. The molecule has 2 aromatic carbocycles. The average Bonchev–Trinajstić information content (AvgIpc) is 3.12. The number of hydrogen-bond acceptors (Lipinski definition) is 2. The quantitative estimate of drug-likeness (QED) is 0.725. The van der Waals surface area contributed by atoms with Gasteiger partial charge in [0.25, 0.3) is 5.92 Å². The summed E-state index contributed by atoms with van der Waals surface area (Å²) < 4.78 is 56.9. The highest BCUT2D eigenvalue weighted by molar-refractivity contribution is 5.65. The van der Waals surface area contributed by atoms with Crippen molar-refractivity contribution >= 4 is 6.09 Å². The predicted octanol–water partition coefficient (Wildman–Crippen LogP) is 4.77. The first-order valence-corrected chi connectivity index (χ1v) is 9.81. The van der Waals surface area contributed by atoms with E-state index in [1.807, 2.05) is 4.90 Å². The van der Waals surface area contributed by atoms with Crippen LogP contribution in [0, 0.1) is 17.0 Å². The van der Waals surface area contributed by atoms with Crippen LogP contribution in [0.15, 0.2) is 48.5 Å². The number of nitrogens with zero attached hydrogens (tertiary/aromatic N) is 2. The first-order chi connectivity index (χ1) is 14.2. The summed E-state index contributed by atoms with van der Waals surface area (Å²) in [5, 5.41) is 9.33. The Hall–Kier alpha value is -2.61. The highest BCUT2D eigenvalue weighted by atomic mass is 19.3. The Morgan fingerprint density at radius 3 is 1.90 bits per heavy atom. The number of amides is 1. The maximum atomic E-state index is 15.0. The Morgan fingerprint density at radius 2 is 1.40 bits per heavy atom. The molecule has 2 heterocycles. The Balaban J connectivity index is 1.69. The molecule has 4 nitrogen and oxygen atoms in total. The lowest BCUT2D eigenvalue weighted by atomic mass is 9.75. The second-order valence-electron chi connectivity index (χ2n) is 8.17. The summed E-state index contributed by atoms with van der Waals surface area (Å²) in [4.78, 5) is 14.3. The second-order valence-corrected chi connectivity index (χ2v) is 8.17. The van der Waals surface area contributed by atoms with Crippen LogP contribution < -0.4 is 0 Å². The lowest BCUT2D eigenvalue weighted by Crippen LogP contribution is -2.58. The number of carboxylic acid groups (broad SMARTS) is 1. The Labute approximate surface area is 171 Å². The molecule has 0 bridgehead atoms. The molecule has 1 amide bonds. The van der Waals surface area contributed by atoms with Crippen LogP contribution >= 0.6 is 0 Å². The smallest absolute Gasteiger partial charge is 0.407 e. The molecule has 0 aliphatic carbocycles. The lowest BCUT2D eigenvalue weighted by Gasteiger charge is -2.45. The summed E-state index contributed by atoms with van der Waals surface area (Å²) in [5.74, 6) is -3.82. The van der Waals surface area contributed by atoms with Crippen LogP contribution in [0.4, 0.5) is 22.4 Å². The van der Waals surface area contributed by atoms with Crippen molar-refractivity contribution in [1.29, 1.82) is 0 Å². The summed E-state index contributed by atoms with van der Waals surface area (Å²) in [6.07, 6.45) is -1.56. The van der Waals surface area contributed by atoms with Crippen molar-refractivity contribution in [3.63, 3.8) is 0 Å². The van der Waals surface area contributed by atoms with E-state index >= 15 is 8.78 Å². The molecule has 2 fully saturated rings. The van der Waals surface area contributed by atoms with Gasteiger partial charge in [-0.05, 0) is 48.4 Å². The molecule has 1 spiro atoms. The van der Waals surface area contributed by atoms with Crippen LogP contribution in [0.1, 0.15) is 30.0 Å². The van der Waals surface area contributed by atoms with E-state index in [1.54, 1.807) is 24.3 Å². The van der Waals surface area contributed by atoms with Crippen LogP contribution in [0.5, 0.6) is 0 Å². The average molecular weight is 422 g/mol. The fraction of sp³-hybridized carbons (Fsp3) is 0.409. The van der Waals surface area contributed by atoms with E-state index in [-0.39, 0.29) is 26.1 Å². The zero-order valence-electron chi connectivity index (χ0n) is 16.2. The van der Waals surface area contributed by atoms with Gasteiger partial charge in [-0.15, -0.1) is 0 Å². The largest absolute Gasteiger partial charge is 0.465 e. The standard InChI is InChI=1S/C22H22F4N2O2/c23-17-5-1-15(2-6-17)19(16-3-7-18(24)8-4-16)27-11-9-21(13-27)14-28(20(29)30)12-10-22(21,25)26/h1-8,19H,9-14H2,(H,29,30). The fourth-order valence-corrected chi connectivity index (χ4v) is 4.72. The summed E-state index contributed by atoms with van der Waals surface area (Å²) in [7, 11) is 0. The number of halogens is 4. The SMILES string of the molecule is O=C(O)N1CCC(F)(F)C2(CCN(C(c3ccc(F)cc3)c3ccc(F)cc3)C2)C1. The summed E-state index contributed by atoms with van der Waals surface area (Å²) in [6.45, 7) is -0.111. The van der Waals surface area contributed by atoms with Crippen molar-refractivity contribution in [1.82, 2.24) is 9.80 Å². The van der Waals surface area contributed by atoms with Gasteiger partial charge in [0, 0.05) is 26.1 Å². The van der Waals surface area contributed by atoms with Crippen molar-refractivity contribution in [2.24, 2.45) is 5.41 Å². The highest BCUT2D eigenvalue weighted by Crippen LogP contribution is 2.51. The molecule has 2 aliphatic rings. The lowest BCUT2D eigenvalue weighted by molar-refractivity contribution is -0.156. The van der Waals surface area contributed by atoms with Crippen molar-refractivity contribution in [2.45, 2.75) is 24.8 Å². The summed E-state index contributed by atoms with van der Waals surface area (Å²) in [5.41, 5.74) is -0.0781. The van der Waals surface area contributed by atoms with Gasteiger partial charge >= 0.3 is 6.09 Å². The van der Waals surface area contributed by atoms with Gasteiger partial charge in [-0.25, -0.2) is 22.4 Å². The Morgan fingerprint density at radius 1 is 0.867 bits per heavy atom. The first-order valence-electron chi connectivity index (χ1n) is 9.81. The maximum Gasteiger partial charge on any atom is 0.407 e. The molecule has 30 heavy (non-hydrogen) atoms. The normalized spacial score (nSPS) is 24.0. The van der Waals surface area contributed by atoms with Gasteiger partial charge < -0.3 is 10.0 Å². The summed E-state index contributed by atoms with van der Waals surface area (Å²) in [6, 6.07) is 11.1. The van der Waals surface area contributed by atoms with Gasteiger partial charge in [0.1, 0.15) is 11.6 Å². The van der Waals surface area contributed by atoms with Gasteiger partial charge in [-0.2, -0.15) is 0 Å². The highest BCUT2D eigenvalue weighted by Gasteiger charge is 2.60. The minimum absolute atomic E-state index is 0.0107. The molecular formula is C22H22F4N2O2. The van der Waals surface area contributed by atoms with Crippen molar-refractivity contribution in [2.75, 3.05) is 26.2 Å². The third kappa shape index (κ3) is 3.64. The van der Waals surface area contributed by atoms with Crippen LogP contribution in [0.2, 0.25) is 0 Å². The number of alkyl halides is 2. The molecule has 2 saturated heterocycles. The molecule has 2 aromatic rings. The summed E-state index contributed by atoms with van der Waals surface area (Å²) >= 11 is 0. The van der Waals surface area contributed by atoms with Gasteiger partial charge in [0.15, 0.2) is 0 Å². The van der Waals surface area contributed by atoms with Crippen LogP contribution in [0.25, 0.3) is 0 Å². The number of rotatable bonds is 3. The third-order valence-electron chi connectivity index (χ3n) is 6.36. The van der Waals surface area contributed by atoms with Crippen molar-refractivity contribution < 1.29 is 27.5 Å². The van der Waals surface area contributed by atoms with Crippen LogP contribution in [-0.2, 0) is 0 Å². The number of carbonyl (C=O) groups is 1. The van der Waals surface area contributed by atoms with E-state index in [0.29, 0.717) is 17.7 Å². The van der Waals surface area contributed by atoms with Crippen LogP contribution in [-0.4, -0.2) is 53.1 Å². The van der Waals surface area contributed by atoms with Gasteiger partial charge in [0.2, 0.25) is 0 Å². The number of hydrogen-bond donors (Lipinski definition) is 1. The van der Waals surface area contributed by atoms with E-state index in [4.69, 9.17) is 0 Å². The second kappa shape index (κ2) is 7.58. The fourth-order valence-electron chi connectivity index (χ4n) is 4.72. The van der Waals surface area contributed by atoms with Crippen molar-refractivity contribution in [3.05, 3.63) is 71.3 Å². The van der Waals surface area contributed by atoms with Crippen LogP contribution in [0.3, 0.4) is 0 Å². The third-order valence-corrected chi connectivity index (χ3v) is 6.36. The van der Waals surface area contributed by atoms with E-state index in [1.165, 1.54) is 24.3 Å². The monoisotopic (exact) mass is 422 g/mol. The molecule has 0 radical (unpaired) electrons. The number of piperidine rings is 1. The van der Waals surface area contributed by atoms with Crippen molar-refractivity contribution in [3.8, 4) is 0 Å². The van der Waals surface area contributed by atoms with Gasteiger partial charge in [-0.3, -0.25) is 4.90 Å². The van der Waals surface area contributed by atoms with Gasteiger partial charge in [-0.1, -0.05) is 24.3 Å². The van der Waals surface area contributed by atoms with E-state index in [9.17, 15) is 18.7 Å². The number of likely N-dealkylation sites (tertiary alicyclic amines) is 2. The topological polar surface area (TPSA) is 43.8 Å². The zero-order chi connectivity index (χ0) is 21.5. The Bertz CT molecular complexity index is 874. The predicted molar refractivity (Wildman–Crippen MR) is 102 cm³/mol. The molecule has 2 aliphatic heterocycles. The minimum atomic E-state index is -3.00. The zero-order valence-corrected chi connectivity index (χ0v) is 16.2. The van der Waals surface area contributed by atoms with E-state index in [0.717, 1.165) is 4.90 Å². The molecule has 160 valence electrons. The molecule has 1 N–H and O–H groups in total. The molecule has 1 atom stereocenters. The molecule has 4 rings (SSSR count). The molecular weight excluding hydrogens is 400 g/mol. The minimum Gasteiger partial charge on any atom is -0.465 e. The van der Waals surface area contributed by atoms with Gasteiger partial charge in [0.05, 0.1) is 11.5 Å². The number of benzene rings is 2.